The quantitative estimate of drug-likeness (QED) is 0.742. The fraction of sp³-hybridized carbons (Fsp3) is 0.312. The molecule has 0 atom stereocenters. The van der Waals surface area contributed by atoms with Crippen LogP contribution in [0.2, 0.25) is 0 Å². The molecule has 0 saturated heterocycles. The average molecular weight is 285 g/mol. The van der Waals surface area contributed by atoms with Gasteiger partial charge in [0.1, 0.15) is 0 Å². The van der Waals surface area contributed by atoms with Crippen LogP contribution >= 0.6 is 11.3 Å². The van der Waals surface area contributed by atoms with E-state index in [4.69, 9.17) is 0 Å². The second-order valence-electron chi connectivity index (χ2n) is 6.01. The lowest BCUT2D eigenvalue weighted by Gasteiger charge is -2.13. The summed E-state index contributed by atoms with van der Waals surface area (Å²) in [6.07, 6.45) is 3.94. The Balaban J connectivity index is 1.71. The summed E-state index contributed by atoms with van der Waals surface area (Å²) in [6, 6.07) is 8.46. The molecule has 0 amide bonds. The minimum atomic E-state index is 0.132. The summed E-state index contributed by atoms with van der Waals surface area (Å²) in [6.45, 7) is 7.41. The highest BCUT2D eigenvalue weighted by Crippen LogP contribution is 2.27. The fourth-order valence-corrected chi connectivity index (χ4v) is 3.00. The summed E-state index contributed by atoms with van der Waals surface area (Å²) >= 11 is 1.78. The van der Waals surface area contributed by atoms with E-state index in [0.29, 0.717) is 0 Å². The van der Waals surface area contributed by atoms with Gasteiger partial charge in [0.15, 0.2) is 0 Å². The molecule has 0 aliphatic rings. The zero-order valence-electron chi connectivity index (χ0n) is 12.0. The smallest absolute Gasteiger partial charge is 0.0981 e. The molecule has 20 heavy (non-hydrogen) atoms. The minimum absolute atomic E-state index is 0.132. The third-order valence-corrected chi connectivity index (χ3v) is 4.64. The third-order valence-electron chi connectivity index (χ3n) is 3.22. The van der Waals surface area contributed by atoms with Crippen LogP contribution in [0.5, 0.6) is 0 Å². The van der Waals surface area contributed by atoms with E-state index < -0.39 is 0 Å². The highest BCUT2D eigenvalue weighted by atomic mass is 32.1. The second-order valence-corrected chi connectivity index (χ2v) is 7.13. The monoisotopic (exact) mass is 285 g/mol. The molecule has 3 aromatic rings. The van der Waals surface area contributed by atoms with Crippen LogP contribution in [0, 0.1) is 0 Å². The van der Waals surface area contributed by atoms with E-state index in [1.54, 1.807) is 11.3 Å². The van der Waals surface area contributed by atoms with Crippen molar-refractivity contribution < 1.29 is 0 Å². The zero-order chi connectivity index (χ0) is 14.2. The zero-order valence-corrected chi connectivity index (χ0v) is 12.8. The van der Waals surface area contributed by atoms with E-state index >= 15 is 0 Å². The fourth-order valence-electron chi connectivity index (χ4n) is 2.09. The number of benzene rings is 1. The van der Waals surface area contributed by atoms with E-state index in [-0.39, 0.29) is 5.41 Å². The Morgan fingerprint density at radius 2 is 2.10 bits per heavy atom. The Morgan fingerprint density at radius 3 is 2.85 bits per heavy atom. The number of thiazole rings is 1. The van der Waals surface area contributed by atoms with Gasteiger partial charge in [0.25, 0.3) is 0 Å². The number of H-pyrrole nitrogens is 1. The maximum absolute atomic E-state index is 4.51. The highest BCUT2D eigenvalue weighted by molar-refractivity contribution is 7.11. The number of anilines is 1. The third kappa shape index (κ3) is 2.70. The first kappa shape index (κ1) is 13.2. The van der Waals surface area contributed by atoms with Gasteiger partial charge in [-0.1, -0.05) is 20.8 Å². The van der Waals surface area contributed by atoms with Gasteiger partial charge in [0.2, 0.25) is 0 Å². The minimum Gasteiger partial charge on any atom is -0.380 e. The Labute approximate surface area is 123 Å². The number of nitrogens with one attached hydrogen (secondary N) is 2. The van der Waals surface area contributed by atoms with E-state index in [9.17, 15) is 0 Å². The van der Waals surface area contributed by atoms with Crippen molar-refractivity contribution in [3.05, 3.63) is 46.5 Å². The number of rotatable bonds is 3. The molecule has 4 heteroatoms. The van der Waals surface area contributed by atoms with Crippen LogP contribution in [0.4, 0.5) is 5.69 Å². The molecule has 3 nitrogen and oxygen atoms in total. The Morgan fingerprint density at radius 1 is 1.25 bits per heavy atom. The molecule has 0 aliphatic carbocycles. The van der Waals surface area contributed by atoms with Crippen molar-refractivity contribution in [3.63, 3.8) is 0 Å². The van der Waals surface area contributed by atoms with Crippen molar-refractivity contribution in [2.45, 2.75) is 32.7 Å². The number of hydrogen-bond donors (Lipinski definition) is 2. The van der Waals surface area contributed by atoms with Crippen LogP contribution in [0.3, 0.4) is 0 Å². The van der Waals surface area contributed by atoms with Crippen molar-refractivity contribution in [3.8, 4) is 0 Å². The van der Waals surface area contributed by atoms with Gasteiger partial charge in [-0.2, -0.15) is 0 Å². The van der Waals surface area contributed by atoms with Crippen LogP contribution in [0.25, 0.3) is 10.9 Å². The molecule has 2 N–H and O–H groups in total. The normalized spacial score (nSPS) is 11.9. The van der Waals surface area contributed by atoms with Gasteiger partial charge in [0.05, 0.1) is 11.6 Å². The SMILES string of the molecule is CC(C)(C)c1ncc(CNc2ccc3[nH]ccc3c2)s1. The standard InChI is InChI=1S/C16H19N3S/c1-16(2,3)15-19-10-13(20-15)9-18-12-4-5-14-11(8-12)6-7-17-14/h4-8,10,17-18H,9H2,1-3H3. The van der Waals surface area contributed by atoms with Gasteiger partial charge >= 0.3 is 0 Å². The molecule has 0 saturated carbocycles. The first-order chi connectivity index (χ1) is 9.52. The lowest BCUT2D eigenvalue weighted by Crippen LogP contribution is -2.09. The summed E-state index contributed by atoms with van der Waals surface area (Å²) in [4.78, 5) is 8.99. The second kappa shape index (κ2) is 4.94. The van der Waals surface area contributed by atoms with Crippen LogP contribution in [0.15, 0.2) is 36.7 Å². The number of aromatic amines is 1. The Bertz CT molecular complexity index is 718. The molecular weight excluding hydrogens is 266 g/mol. The molecule has 2 aromatic heterocycles. The molecule has 0 spiro atoms. The van der Waals surface area contributed by atoms with Gasteiger partial charge in [-0.25, -0.2) is 4.98 Å². The van der Waals surface area contributed by atoms with Gasteiger partial charge in [0, 0.05) is 39.3 Å². The predicted octanol–water partition coefficient (Wildman–Crippen LogP) is 4.53. The summed E-state index contributed by atoms with van der Waals surface area (Å²) in [7, 11) is 0. The number of aromatic nitrogens is 2. The first-order valence-electron chi connectivity index (χ1n) is 6.78. The molecule has 2 heterocycles. The molecule has 0 bridgehead atoms. The van der Waals surface area contributed by atoms with Crippen molar-refractivity contribution >= 4 is 27.9 Å². The van der Waals surface area contributed by atoms with Crippen LogP contribution in [0.1, 0.15) is 30.7 Å². The van der Waals surface area contributed by atoms with E-state index in [1.807, 2.05) is 12.4 Å². The summed E-state index contributed by atoms with van der Waals surface area (Å²) in [5.41, 5.74) is 2.44. The Hall–Kier alpha value is -1.81. The van der Waals surface area contributed by atoms with Crippen molar-refractivity contribution in [2.24, 2.45) is 0 Å². The lowest BCUT2D eigenvalue weighted by molar-refractivity contribution is 0.585. The predicted molar refractivity (Wildman–Crippen MR) is 86.4 cm³/mol. The molecule has 1 aromatic carbocycles. The maximum Gasteiger partial charge on any atom is 0.0981 e. The number of fused-ring (bicyclic) bond motifs is 1. The van der Waals surface area contributed by atoms with Gasteiger partial charge in [-0.15, -0.1) is 11.3 Å². The molecular formula is C16H19N3S. The summed E-state index contributed by atoms with van der Waals surface area (Å²) in [5.74, 6) is 0. The molecule has 0 aliphatic heterocycles. The maximum atomic E-state index is 4.51. The molecule has 3 rings (SSSR count). The van der Waals surface area contributed by atoms with Crippen molar-refractivity contribution in [2.75, 3.05) is 5.32 Å². The van der Waals surface area contributed by atoms with Gasteiger partial charge in [-0.05, 0) is 24.3 Å². The van der Waals surface area contributed by atoms with Crippen molar-refractivity contribution in [1.82, 2.24) is 9.97 Å². The number of nitrogens with zero attached hydrogens (tertiary/aromatic N) is 1. The summed E-state index contributed by atoms with van der Waals surface area (Å²) in [5, 5.41) is 5.89. The topological polar surface area (TPSA) is 40.7 Å². The molecule has 0 fully saturated rings. The van der Waals surface area contributed by atoms with Crippen molar-refractivity contribution in [1.29, 1.82) is 0 Å². The van der Waals surface area contributed by atoms with Crippen LogP contribution in [-0.4, -0.2) is 9.97 Å². The van der Waals surface area contributed by atoms with Crippen LogP contribution in [-0.2, 0) is 12.0 Å². The lowest BCUT2D eigenvalue weighted by atomic mass is 9.98. The van der Waals surface area contributed by atoms with E-state index in [2.05, 4.69) is 60.3 Å². The summed E-state index contributed by atoms with van der Waals surface area (Å²) < 4.78 is 0. The Kier molecular flexibility index (Phi) is 3.26. The van der Waals surface area contributed by atoms with E-state index in [0.717, 1.165) is 12.2 Å². The highest BCUT2D eigenvalue weighted by Gasteiger charge is 2.17. The largest absolute Gasteiger partial charge is 0.380 e. The molecule has 104 valence electrons. The first-order valence-corrected chi connectivity index (χ1v) is 7.60. The van der Waals surface area contributed by atoms with Gasteiger partial charge in [-0.3, -0.25) is 0 Å². The van der Waals surface area contributed by atoms with Gasteiger partial charge < -0.3 is 10.3 Å². The average Bonchev–Trinajstić information content (AvgIpc) is 3.04. The molecule has 0 unspecified atom stereocenters. The van der Waals surface area contributed by atoms with Crippen LogP contribution < -0.4 is 5.32 Å². The molecule has 0 radical (unpaired) electrons. The van der Waals surface area contributed by atoms with E-state index in [1.165, 1.54) is 20.8 Å². The number of hydrogen-bond acceptors (Lipinski definition) is 3.